The van der Waals surface area contributed by atoms with Gasteiger partial charge in [0.15, 0.2) is 0 Å². The van der Waals surface area contributed by atoms with E-state index in [9.17, 15) is 0 Å². The number of nitrogens with zero attached hydrogens (tertiary/aromatic N) is 2. The Balaban J connectivity index is 1.40. The van der Waals surface area contributed by atoms with Gasteiger partial charge in [-0.3, -0.25) is 0 Å². The number of aromatic nitrogens is 2. The van der Waals surface area contributed by atoms with Crippen molar-refractivity contribution in [1.29, 1.82) is 0 Å². The highest BCUT2D eigenvalue weighted by molar-refractivity contribution is 6.62. The zero-order valence-corrected chi connectivity index (χ0v) is 17.1. The summed E-state index contributed by atoms with van der Waals surface area (Å²) in [6.07, 6.45) is 8.40. The molecule has 3 aliphatic rings. The van der Waals surface area contributed by atoms with Crippen molar-refractivity contribution >= 4 is 29.2 Å². The maximum atomic E-state index is 6.62. The normalized spacial score (nSPS) is 27.4. The first-order chi connectivity index (χ1) is 14.6. The van der Waals surface area contributed by atoms with Gasteiger partial charge in [-0.1, -0.05) is 18.2 Å². The first-order valence-electron chi connectivity index (χ1n) is 10.7. The van der Waals surface area contributed by atoms with Crippen LogP contribution < -0.4 is 15.9 Å². The number of ether oxygens (including phenoxy) is 1. The van der Waals surface area contributed by atoms with E-state index in [1.165, 1.54) is 12.8 Å². The summed E-state index contributed by atoms with van der Waals surface area (Å²) in [6, 6.07) is 12.2. The van der Waals surface area contributed by atoms with Gasteiger partial charge in [-0.2, -0.15) is 10.2 Å². The van der Waals surface area contributed by atoms with Crippen molar-refractivity contribution in [2.75, 3.05) is 12.8 Å². The van der Waals surface area contributed by atoms with Gasteiger partial charge in [0.25, 0.3) is 0 Å². The second-order valence-corrected chi connectivity index (χ2v) is 8.75. The third kappa shape index (κ3) is 2.45. The fourth-order valence-electron chi connectivity index (χ4n) is 5.85. The second kappa shape index (κ2) is 6.43. The van der Waals surface area contributed by atoms with Crippen molar-refractivity contribution in [3.8, 4) is 16.9 Å². The van der Waals surface area contributed by atoms with E-state index in [0.717, 1.165) is 58.9 Å². The van der Waals surface area contributed by atoms with E-state index in [1.807, 2.05) is 24.3 Å². The van der Waals surface area contributed by atoms with Gasteiger partial charge < -0.3 is 19.8 Å². The van der Waals surface area contributed by atoms with Gasteiger partial charge in [-0.15, -0.1) is 0 Å². The van der Waals surface area contributed by atoms with Gasteiger partial charge in [0.1, 0.15) is 5.75 Å². The Labute approximate surface area is 175 Å². The maximum Gasteiger partial charge on any atom is 0.494 e. The number of nitrogen functional groups attached to an aromatic ring is 1. The molecule has 0 bridgehead atoms. The van der Waals surface area contributed by atoms with Crippen LogP contribution in [0.4, 0.5) is 5.69 Å². The van der Waals surface area contributed by atoms with Crippen molar-refractivity contribution in [3.63, 3.8) is 0 Å². The summed E-state index contributed by atoms with van der Waals surface area (Å²) in [7, 11) is 1.36. The molecule has 1 aliphatic heterocycles. The monoisotopic (exact) mass is 401 g/mol. The maximum absolute atomic E-state index is 6.62. The molecule has 2 aliphatic carbocycles. The average molecular weight is 401 g/mol. The molecule has 1 aromatic heterocycles. The number of hydrogen-bond acceptors (Lipinski definition) is 6. The summed E-state index contributed by atoms with van der Waals surface area (Å²) in [5.41, 5.74) is 10.2. The molecule has 30 heavy (non-hydrogen) atoms. The summed E-state index contributed by atoms with van der Waals surface area (Å²) in [5.74, 6) is 0.796. The third-order valence-electron chi connectivity index (χ3n) is 7.30. The molecule has 3 fully saturated rings. The molecule has 7 heteroatoms. The molecule has 6 nitrogen and oxygen atoms in total. The summed E-state index contributed by atoms with van der Waals surface area (Å²) in [6.45, 7) is 0. The lowest BCUT2D eigenvalue weighted by atomic mass is 9.77. The van der Waals surface area contributed by atoms with Crippen LogP contribution in [0.15, 0.2) is 42.6 Å². The SMILES string of the molecule is COc1ccc(B2OC34CCCC3(CCC4)O2)cc1-c1ccc2c(N)cnnc2c1. The first kappa shape index (κ1) is 18.2. The van der Waals surface area contributed by atoms with Crippen LogP contribution in [0.2, 0.25) is 0 Å². The van der Waals surface area contributed by atoms with Crippen LogP contribution in [0.25, 0.3) is 22.0 Å². The lowest BCUT2D eigenvalue weighted by Crippen LogP contribution is -2.41. The highest BCUT2D eigenvalue weighted by Gasteiger charge is 2.66. The number of anilines is 1. The Morgan fingerprint density at radius 2 is 1.73 bits per heavy atom. The molecule has 3 aromatic rings. The van der Waals surface area contributed by atoms with Gasteiger partial charge in [0, 0.05) is 10.9 Å². The van der Waals surface area contributed by atoms with Gasteiger partial charge >= 0.3 is 7.12 Å². The predicted octanol–water partition coefficient (Wildman–Crippen LogP) is 3.48. The number of benzene rings is 2. The minimum absolute atomic E-state index is 0.0895. The Morgan fingerprint density at radius 1 is 1.00 bits per heavy atom. The molecule has 0 spiro atoms. The summed E-state index contributed by atoms with van der Waals surface area (Å²) < 4.78 is 18.9. The summed E-state index contributed by atoms with van der Waals surface area (Å²) >= 11 is 0. The third-order valence-corrected chi connectivity index (χ3v) is 7.30. The number of hydrogen-bond donors (Lipinski definition) is 1. The van der Waals surface area contributed by atoms with Gasteiger partial charge in [-0.05, 0) is 67.8 Å². The quantitative estimate of drug-likeness (QED) is 0.677. The predicted molar refractivity (Wildman–Crippen MR) is 117 cm³/mol. The standard InChI is InChI=1S/C23H24BN3O3/c1-28-21-7-5-16(24-29-22-8-2-9-23(22,30-24)11-3-10-22)13-18(21)15-4-6-17-19(25)14-26-27-20(17)12-15/h4-7,12-14H,2-3,8-11H2,1H3,(H2,25,27). The van der Waals surface area contributed by atoms with E-state index in [-0.39, 0.29) is 18.3 Å². The van der Waals surface area contributed by atoms with E-state index in [4.69, 9.17) is 19.8 Å². The topological polar surface area (TPSA) is 79.5 Å². The van der Waals surface area contributed by atoms with Crippen LogP contribution in [-0.2, 0) is 9.31 Å². The molecule has 6 rings (SSSR count). The Bertz CT molecular complexity index is 1120. The van der Waals surface area contributed by atoms with E-state index in [0.29, 0.717) is 5.69 Å². The molecule has 0 unspecified atom stereocenters. The second-order valence-electron chi connectivity index (χ2n) is 8.75. The zero-order chi connectivity index (χ0) is 20.3. The fourth-order valence-corrected chi connectivity index (χ4v) is 5.85. The van der Waals surface area contributed by atoms with Crippen LogP contribution in [0.5, 0.6) is 5.75 Å². The van der Waals surface area contributed by atoms with Crippen LogP contribution in [-0.4, -0.2) is 35.6 Å². The van der Waals surface area contributed by atoms with Crippen molar-refractivity contribution in [2.45, 2.75) is 49.7 Å². The molecule has 2 saturated carbocycles. The van der Waals surface area contributed by atoms with Crippen molar-refractivity contribution in [3.05, 3.63) is 42.6 Å². The molecule has 0 atom stereocenters. The highest BCUT2D eigenvalue weighted by atomic mass is 16.7. The number of methoxy groups -OCH3 is 1. The molecular weight excluding hydrogens is 377 g/mol. The Hall–Kier alpha value is -2.64. The molecule has 2 heterocycles. The van der Waals surface area contributed by atoms with Gasteiger partial charge in [-0.25, -0.2) is 0 Å². The lowest BCUT2D eigenvalue weighted by Gasteiger charge is -2.31. The van der Waals surface area contributed by atoms with Crippen molar-refractivity contribution in [2.24, 2.45) is 0 Å². The van der Waals surface area contributed by atoms with E-state index < -0.39 is 0 Å². The lowest BCUT2D eigenvalue weighted by molar-refractivity contribution is 0.00578. The minimum atomic E-state index is -0.328. The molecule has 152 valence electrons. The average Bonchev–Trinajstić information content (AvgIpc) is 3.36. The molecule has 0 amide bonds. The summed E-state index contributed by atoms with van der Waals surface area (Å²) in [5, 5.41) is 9.12. The molecule has 0 radical (unpaired) electrons. The Kier molecular flexibility index (Phi) is 3.89. The van der Waals surface area contributed by atoms with Gasteiger partial charge in [0.2, 0.25) is 0 Å². The zero-order valence-electron chi connectivity index (χ0n) is 17.1. The van der Waals surface area contributed by atoms with Crippen LogP contribution in [0.3, 0.4) is 0 Å². The van der Waals surface area contributed by atoms with Crippen molar-refractivity contribution < 1.29 is 14.0 Å². The summed E-state index contributed by atoms with van der Waals surface area (Å²) in [4.78, 5) is 0. The fraction of sp³-hybridized carbons (Fsp3) is 0.391. The van der Waals surface area contributed by atoms with Crippen LogP contribution in [0.1, 0.15) is 38.5 Å². The van der Waals surface area contributed by atoms with E-state index in [2.05, 4.69) is 22.3 Å². The van der Waals surface area contributed by atoms with Crippen LogP contribution in [0, 0.1) is 0 Å². The van der Waals surface area contributed by atoms with E-state index >= 15 is 0 Å². The van der Waals surface area contributed by atoms with Crippen LogP contribution >= 0.6 is 0 Å². The largest absolute Gasteiger partial charge is 0.496 e. The number of fused-ring (bicyclic) bond motifs is 1. The Morgan fingerprint density at radius 3 is 2.43 bits per heavy atom. The minimum Gasteiger partial charge on any atom is -0.496 e. The smallest absolute Gasteiger partial charge is 0.494 e. The van der Waals surface area contributed by atoms with E-state index in [1.54, 1.807) is 13.3 Å². The molecule has 1 saturated heterocycles. The molecular formula is C23H24BN3O3. The van der Waals surface area contributed by atoms with Gasteiger partial charge in [0.05, 0.1) is 35.7 Å². The van der Waals surface area contributed by atoms with Crippen molar-refractivity contribution in [1.82, 2.24) is 10.2 Å². The number of rotatable bonds is 3. The first-order valence-corrected chi connectivity index (χ1v) is 10.7. The highest BCUT2D eigenvalue weighted by Crippen LogP contribution is 2.58. The molecule has 2 N–H and O–H groups in total. The number of nitrogens with two attached hydrogens (primary N) is 1. The molecule has 2 aromatic carbocycles.